The highest BCUT2D eigenvalue weighted by Crippen LogP contribution is 2.23. The van der Waals surface area contributed by atoms with E-state index >= 15 is 0 Å². The molecule has 0 heterocycles. The van der Waals surface area contributed by atoms with Crippen molar-refractivity contribution in [3.05, 3.63) is 147 Å². The number of hydrogen-bond acceptors (Lipinski definition) is 20. The second-order valence-corrected chi connectivity index (χ2v) is 19.8. The fourth-order valence-electron chi connectivity index (χ4n) is 5.02. The first-order valence-electron chi connectivity index (χ1n) is 23.5. The van der Waals surface area contributed by atoms with Crippen LogP contribution in [0, 0.1) is 5.41 Å². The van der Waals surface area contributed by atoms with Crippen molar-refractivity contribution >= 4 is 59.9 Å². The maximum atomic E-state index is 11.8. The number of rotatable bonds is 12. The van der Waals surface area contributed by atoms with Crippen molar-refractivity contribution in [1.82, 2.24) is 11.0 Å². The van der Waals surface area contributed by atoms with Crippen molar-refractivity contribution in [2.45, 2.75) is 80.4 Å². The Morgan fingerprint density at radius 2 is 0.622 bits per heavy atom. The molecular formula is C56H66N2O24. The molecule has 11 N–H and O–H groups in total. The second kappa shape index (κ2) is 32.7. The molecule has 26 heteroatoms. The summed E-state index contributed by atoms with van der Waals surface area (Å²) < 4.78 is 13.3. The Morgan fingerprint density at radius 3 is 0.841 bits per heavy atom. The van der Waals surface area contributed by atoms with Crippen LogP contribution in [0.25, 0.3) is 0 Å². The number of esters is 3. The fraction of sp³-hybridized carbons (Fsp3) is 0.286. The lowest BCUT2D eigenvalue weighted by molar-refractivity contribution is -0.0590. The molecule has 0 aliphatic carbocycles. The van der Waals surface area contributed by atoms with Gasteiger partial charge in [-0.05, 0) is 138 Å². The lowest BCUT2D eigenvalue weighted by Crippen LogP contribution is -2.33. The first-order valence-corrected chi connectivity index (χ1v) is 23.5. The average Bonchev–Trinajstić information content (AvgIpc) is 3.38. The minimum atomic E-state index is -1.30. The Kier molecular flexibility index (Phi) is 28.7. The van der Waals surface area contributed by atoms with Crippen LogP contribution in [0.4, 0.5) is 0 Å². The molecule has 0 saturated carbocycles. The Hall–Kier alpha value is -10.1. The van der Waals surface area contributed by atoms with Gasteiger partial charge in [-0.1, -0.05) is 27.7 Å². The number of carboxylic acid groups (broad SMARTS) is 4. The van der Waals surface area contributed by atoms with E-state index in [4.69, 9.17) is 35.2 Å². The van der Waals surface area contributed by atoms with E-state index < -0.39 is 82.1 Å². The van der Waals surface area contributed by atoms with Crippen LogP contribution in [0.2, 0.25) is 0 Å². The molecule has 0 saturated heterocycles. The Labute approximate surface area is 470 Å². The largest absolute Gasteiger partial charge is 0.507 e. The van der Waals surface area contributed by atoms with Gasteiger partial charge in [0.2, 0.25) is 0 Å². The number of hydroxylamine groups is 2. The van der Waals surface area contributed by atoms with Crippen molar-refractivity contribution in [1.29, 1.82) is 0 Å². The van der Waals surface area contributed by atoms with Gasteiger partial charge >= 0.3 is 41.8 Å². The maximum Gasteiger partial charge on any atom is 0.339 e. The SMILES string of the molecule is CC(C)(C)C.CC(C)(C)ONC(=O)c1ccc(C(=O)O)cc1O.COC(=O)c1ccc(C(=O)NOC(C)(C)C)c(O)c1.COC(=O)c1ccc(C(=O)O)c(O)c1.COC(=O)c1ccc(C=O)c(O)c1.O=C(O)c1ccc(C(=O)O)c(O)c1. The van der Waals surface area contributed by atoms with Crippen molar-refractivity contribution in [3.63, 3.8) is 0 Å². The number of carboxylic acids is 4. The Bertz CT molecular complexity index is 3080. The first-order chi connectivity index (χ1) is 37.7. The van der Waals surface area contributed by atoms with Gasteiger partial charge in [0.15, 0.2) is 6.29 Å². The molecule has 0 fully saturated rings. The molecule has 2 amide bonds. The average molecular weight is 1150 g/mol. The third kappa shape index (κ3) is 27.0. The highest BCUT2D eigenvalue weighted by Gasteiger charge is 2.20. The molecule has 0 atom stereocenters. The van der Waals surface area contributed by atoms with E-state index in [2.05, 4.69) is 52.9 Å². The lowest BCUT2D eigenvalue weighted by atomic mass is 10.0. The van der Waals surface area contributed by atoms with E-state index in [0.29, 0.717) is 11.7 Å². The smallest absolute Gasteiger partial charge is 0.339 e. The van der Waals surface area contributed by atoms with Gasteiger partial charge < -0.3 is 60.2 Å². The number of phenols is 5. The van der Waals surface area contributed by atoms with Gasteiger partial charge in [-0.2, -0.15) is 0 Å². The Balaban J connectivity index is 0.000000986. The summed E-state index contributed by atoms with van der Waals surface area (Å²) in [5, 5.41) is 81.0. The molecule has 5 aromatic carbocycles. The third-order valence-corrected chi connectivity index (χ3v) is 8.76. The minimum Gasteiger partial charge on any atom is -0.507 e. The van der Waals surface area contributed by atoms with Crippen molar-refractivity contribution in [2.24, 2.45) is 5.41 Å². The summed E-state index contributed by atoms with van der Waals surface area (Å²) in [6.07, 6.45) is 0.510. The predicted octanol–water partition coefficient (Wildman–Crippen LogP) is 7.90. The van der Waals surface area contributed by atoms with Crippen LogP contribution in [-0.2, 0) is 23.9 Å². The van der Waals surface area contributed by atoms with Gasteiger partial charge in [-0.15, -0.1) is 0 Å². The van der Waals surface area contributed by atoms with E-state index in [9.17, 15) is 68.4 Å². The minimum absolute atomic E-state index is 0.0110. The first kappa shape index (κ1) is 71.9. The topological polar surface area (TPSA) is 423 Å². The summed E-state index contributed by atoms with van der Waals surface area (Å²) in [5.74, 6) is -9.90. The van der Waals surface area contributed by atoms with Gasteiger partial charge in [-0.3, -0.25) is 24.1 Å². The zero-order valence-electron chi connectivity index (χ0n) is 46.9. The summed E-state index contributed by atoms with van der Waals surface area (Å²) in [6, 6.07) is 17.8. The number of methoxy groups -OCH3 is 3. The second-order valence-electron chi connectivity index (χ2n) is 19.8. The maximum absolute atomic E-state index is 11.8. The summed E-state index contributed by atoms with van der Waals surface area (Å²) in [6.45, 7) is 19.3. The number of aldehydes is 1. The van der Waals surface area contributed by atoms with Crippen LogP contribution in [0.5, 0.6) is 28.7 Å². The van der Waals surface area contributed by atoms with E-state index in [1.54, 1.807) is 41.5 Å². The van der Waals surface area contributed by atoms with Crippen molar-refractivity contribution in [2.75, 3.05) is 21.3 Å². The molecule has 0 aromatic heterocycles. The number of hydrogen-bond donors (Lipinski definition) is 11. The van der Waals surface area contributed by atoms with Crippen LogP contribution in [0.15, 0.2) is 91.0 Å². The monoisotopic (exact) mass is 1150 g/mol. The summed E-state index contributed by atoms with van der Waals surface area (Å²) >= 11 is 0. The molecule has 5 rings (SSSR count). The van der Waals surface area contributed by atoms with Crippen LogP contribution in [0.1, 0.15) is 173 Å². The summed E-state index contributed by atoms with van der Waals surface area (Å²) in [5.41, 5.74) is 3.57. The van der Waals surface area contributed by atoms with Crippen LogP contribution in [-0.4, -0.2) is 138 Å². The number of benzene rings is 5. The predicted molar refractivity (Wildman–Crippen MR) is 290 cm³/mol. The molecule has 0 spiro atoms. The number of aromatic carboxylic acids is 4. The van der Waals surface area contributed by atoms with Crippen LogP contribution < -0.4 is 11.0 Å². The highest BCUT2D eigenvalue weighted by atomic mass is 16.7. The van der Waals surface area contributed by atoms with E-state index in [1.165, 1.54) is 69.9 Å². The number of ether oxygens (including phenoxy) is 3. The fourth-order valence-corrected chi connectivity index (χ4v) is 5.02. The lowest BCUT2D eigenvalue weighted by Gasteiger charge is -2.19. The molecule has 82 heavy (non-hydrogen) atoms. The number of phenolic OH excluding ortho intramolecular Hbond substituents is 3. The zero-order chi connectivity index (χ0) is 63.6. The molecule has 0 radical (unpaired) electrons. The Morgan fingerprint density at radius 1 is 0.378 bits per heavy atom. The van der Waals surface area contributed by atoms with E-state index in [-0.39, 0.29) is 67.1 Å². The molecule has 26 nitrogen and oxygen atoms in total. The molecule has 0 aliphatic rings. The number of nitrogens with one attached hydrogen (secondary N) is 2. The normalized spacial score (nSPS) is 10.3. The standard InChI is InChI=1S/C13H17NO5.C12H15NO5.C9H8O5.C9H8O4.C8H6O5.C5H12/c1-13(2,3)19-14-11(16)9-6-5-8(7-10(9)15)12(17)18-4;1-12(2,3)18-13-10(15)8-5-4-7(11(16)17)6-9(8)14;1-14-9(13)5-2-3-6(8(11)12)7(10)4-5;1-13-9(12)6-2-3-7(5-10)8(11)4-6;9-6-3-4(7(10)11)1-2-5(6)8(12)13;1-5(2,3)4/h5-7,15H,1-4H3,(H,14,16);4-6,14H,1-3H3,(H,13,15)(H,16,17);2-4,10H,1H3,(H,11,12);2-5,11H,1H3;1-3,9H,(H,10,11)(H,12,13);1-4H3. The molecular weight excluding hydrogens is 1080 g/mol. The van der Waals surface area contributed by atoms with Gasteiger partial charge in [-0.25, -0.2) is 44.5 Å². The molecule has 444 valence electrons. The quantitative estimate of drug-likeness (QED) is 0.0245. The van der Waals surface area contributed by atoms with Gasteiger partial charge in [0, 0.05) is 0 Å². The van der Waals surface area contributed by atoms with Crippen molar-refractivity contribution in [3.8, 4) is 28.7 Å². The molecule has 0 unspecified atom stereocenters. The number of aromatic hydroxyl groups is 5. The van der Waals surface area contributed by atoms with Gasteiger partial charge in [0.05, 0.1) is 77.0 Å². The summed E-state index contributed by atoms with van der Waals surface area (Å²) in [7, 11) is 3.68. The van der Waals surface area contributed by atoms with E-state index in [1.807, 2.05) is 0 Å². The highest BCUT2D eigenvalue weighted by molar-refractivity contribution is 6.00. The number of amides is 2. The van der Waals surface area contributed by atoms with Crippen LogP contribution in [0.3, 0.4) is 0 Å². The number of carbonyl (C=O) groups is 10. The zero-order valence-corrected chi connectivity index (χ0v) is 46.9. The molecule has 5 aromatic rings. The van der Waals surface area contributed by atoms with Gasteiger partial charge in [0.1, 0.15) is 39.9 Å². The molecule has 0 aliphatic heterocycles. The van der Waals surface area contributed by atoms with E-state index in [0.717, 1.165) is 42.5 Å². The van der Waals surface area contributed by atoms with Crippen molar-refractivity contribution < 1.29 is 118 Å². The third-order valence-electron chi connectivity index (χ3n) is 8.76. The van der Waals surface area contributed by atoms with Gasteiger partial charge in [0.25, 0.3) is 11.8 Å². The molecule has 0 bridgehead atoms. The summed E-state index contributed by atoms with van der Waals surface area (Å²) in [4.78, 5) is 119. The number of carbonyl (C=O) groups excluding carboxylic acids is 6. The van der Waals surface area contributed by atoms with Crippen LogP contribution >= 0.6 is 0 Å².